The highest BCUT2D eigenvalue weighted by Crippen LogP contribution is 2.37. The van der Waals surface area contributed by atoms with E-state index in [2.05, 4.69) is 4.99 Å². The molecule has 0 atom stereocenters. The zero-order valence-electron chi connectivity index (χ0n) is 11.6. The van der Waals surface area contributed by atoms with Crippen LogP contribution >= 0.6 is 0 Å². The Morgan fingerprint density at radius 2 is 1.82 bits per heavy atom. The highest BCUT2D eigenvalue weighted by molar-refractivity contribution is 6.14. The molecule has 2 aromatic carbocycles. The lowest BCUT2D eigenvalue weighted by atomic mass is 9.92. The minimum Gasteiger partial charge on any atom is -0.454 e. The number of aliphatic imine (C=N–C) groups is 1. The Morgan fingerprint density at radius 3 is 2.55 bits per heavy atom. The summed E-state index contributed by atoms with van der Waals surface area (Å²) in [5.74, 6) is 1.49. The van der Waals surface area contributed by atoms with Gasteiger partial charge in [-0.15, -0.1) is 0 Å². The van der Waals surface area contributed by atoms with Gasteiger partial charge < -0.3 is 9.47 Å². The second-order valence-electron chi connectivity index (χ2n) is 5.15. The zero-order valence-corrected chi connectivity index (χ0v) is 11.6. The second kappa shape index (κ2) is 4.84. The van der Waals surface area contributed by atoms with Gasteiger partial charge in [-0.2, -0.15) is 0 Å². The Bertz CT molecular complexity index is 797. The molecule has 2 aliphatic heterocycles. The molecule has 0 unspecified atom stereocenters. The molecular weight excluding hydrogens is 284 g/mol. The number of nitrogens with zero attached hydrogens (tertiary/aromatic N) is 2. The lowest BCUT2D eigenvalue weighted by Crippen LogP contribution is -2.14. The first-order valence-corrected chi connectivity index (χ1v) is 6.94. The fraction of sp³-hybridized carbons (Fsp3) is 0.188. The van der Waals surface area contributed by atoms with Gasteiger partial charge >= 0.3 is 0 Å². The van der Waals surface area contributed by atoms with Crippen LogP contribution in [0.3, 0.4) is 0 Å². The Labute approximate surface area is 126 Å². The molecule has 0 bridgehead atoms. The highest BCUT2D eigenvalue weighted by Gasteiger charge is 2.22. The standard InChI is InChI=1S/C16H12N2O4/c19-18(20)12-3-1-10(2-4-12)16-13-8-15-14(21-9-22-15)7-11(13)5-6-17-16/h1-4,7-8H,5-6,9H2. The predicted molar refractivity (Wildman–Crippen MR) is 79.9 cm³/mol. The van der Waals surface area contributed by atoms with Crippen LogP contribution in [0.15, 0.2) is 41.4 Å². The van der Waals surface area contributed by atoms with Gasteiger partial charge in [-0.3, -0.25) is 15.1 Å². The van der Waals surface area contributed by atoms with E-state index in [1.165, 1.54) is 12.1 Å². The molecule has 2 heterocycles. The van der Waals surface area contributed by atoms with Gasteiger partial charge in [0, 0.05) is 29.8 Å². The largest absolute Gasteiger partial charge is 0.454 e. The number of ether oxygens (including phenoxy) is 2. The number of rotatable bonds is 2. The summed E-state index contributed by atoms with van der Waals surface area (Å²) in [6.45, 7) is 0.932. The van der Waals surface area contributed by atoms with E-state index in [9.17, 15) is 10.1 Å². The lowest BCUT2D eigenvalue weighted by Gasteiger charge is -2.17. The van der Waals surface area contributed by atoms with Crippen LogP contribution in [0.2, 0.25) is 0 Å². The van der Waals surface area contributed by atoms with Crippen molar-refractivity contribution >= 4 is 11.4 Å². The summed E-state index contributed by atoms with van der Waals surface area (Å²) < 4.78 is 10.8. The van der Waals surface area contributed by atoms with Crippen LogP contribution in [-0.4, -0.2) is 24.0 Å². The van der Waals surface area contributed by atoms with E-state index in [-0.39, 0.29) is 12.5 Å². The van der Waals surface area contributed by atoms with Gasteiger partial charge in [0.1, 0.15) is 0 Å². The molecule has 0 N–H and O–H groups in total. The van der Waals surface area contributed by atoms with Crippen molar-refractivity contribution in [2.45, 2.75) is 6.42 Å². The number of hydrogen-bond donors (Lipinski definition) is 0. The molecular formula is C16H12N2O4. The maximum atomic E-state index is 10.8. The Balaban J connectivity index is 1.78. The number of benzene rings is 2. The van der Waals surface area contributed by atoms with Crippen LogP contribution in [0.5, 0.6) is 11.5 Å². The Hall–Kier alpha value is -2.89. The summed E-state index contributed by atoms with van der Waals surface area (Å²) in [7, 11) is 0. The van der Waals surface area contributed by atoms with Crippen LogP contribution in [0.1, 0.15) is 16.7 Å². The average Bonchev–Trinajstić information content (AvgIpc) is 2.99. The minimum absolute atomic E-state index is 0.0751. The topological polar surface area (TPSA) is 74.0 Å². The van der Waals surface area contributed by atoms with E-state index >= 15 is 0 Å². The first-order chi connectivity index (χ1) is 10.7. The normalized spacial score (nSPS) is 15.2. The van der Waals surface area contributed by atoms with Gasteiger partial charge in [0.15, 0.2) is 11.5 Å². The van der Waals surface area contributed by atoms with Crippen LogP contribution in [-0.2, 0) is 6.42 Å². The van der Waals surface area contributed by atoms with Crippen molar-refractivity contribution in [3.63, 3.8) is 0 Å². The molecule has 0 aromatic heterocycles. The van der Waals surface area contributed by atoms with Crippen molar-refractivity contribution in [1.29, 1.82) is 0 Å². The third kappa shape index (κ3) is 2.00. The van der Waals surface area contributed by atoms with E-state index in [0.717, 1.165) is 40.3 Å². The summed E-state index contributed by atoms with van der Waals surface area (Å²) in [5.41, 5.74) is 3.95. The molecule has 6 nitrogen and oxygen atoms in total. The van der Waals surface area contributed by atoms with Gasteiger partial charge in [0.25, 0.3) is 5.69 Å². The lowest BCUT2D eigenvalue weighted by molar-refractivity contribution is -0.384. The maximum Gasteiger partial charge on any atom is 0.269 e. The summed E-state index contributed by atoms with van der Waals surface area (Å²) in [6.07, 6.45) is 0.850. The molecule has 22 heavy (non-hydrogen) atoms. The summed E-state index contributed by atoms with van der Waals surface area (Å²) in [4.78, 5) is 14.9. The molecule has 2 aliphatic rings. The van der Waals surface area contributed by atoms with Gasteiger partial charge in [-0.1, -0.05) is 0 Å². The molecule has 0 saturated heterocycles. The predicted octanol–water partition coefficient (Wildman–Crippen LogP) is 2.72. The fourth-order valence-electron chi connectivity index (χ4n) is 2.77. The molecule has 0 radical (unpaired) electrons. The monoisotopic (exact) mass is 296 g/mol. The summed E-state index contributed by atoms with van der Waals surface area (Å²) >= 11 is 0. The van der Waals surface area contributed by atoms with E-state index in [0.29, 0.717) is 6.54 Å². The molecule has 0 aliphatic carbocycles. The number of fused-ring (bicyclic) bond motifs is 2. The summed E-state index contributed by atoms with van der Waals surface area (Å²) in [5, 5.41) is 10.8. The van der Waals surface area contributed by atoms with Crippen LogP contribution < -0.4 is 9.47 Å². The summed E-state index contributed by atoms with van der Waals surface area (Å²) in [6, 6.07) is 10.4. The van der Waals surface area contributed by atoms with Crippen molar-refractivity contribution in [2.24, 2.45) is 4.99 Å². The highest BCUT2D eigenvalue weighted by atomic mass is 16.7. The molecule has 4 rings (SSSR count). The van der Waals surface area contributed by atoms with Gasteiger partial charge in [-0.25, -0.2) is 0 Å². The van der Waals surface area contributed by atoms with Crippen molar-refractivity contribution in [1.82, 2.24) is 0 Å². The van der Waals surface area contributed by atoms with Gasteiger partial charge in [0.05, 0.1) is 10.6 Å². The van der Waals surface area contributed by atoms with Crippen molar-refractivity contribution in [3.05, 3.63) is 63.2 Å². The van der Waals surface area contributed by atoms with Crippen molar-refractivity contribution in [3.8, 4) is 11.5 Å². The zero-order chi connectivity index (χ0) is 15.1. The quantitative estimate of drug-likeness (QED) is 0.631. The molecule has 6 heteroatoms. The molecule has 0 fully saturated rings. The second-order valence-corrected chi connectivity index (χ2v) is 5.15. The van der Waals surface area contributed by atoms with E-state index in [1.54, 1.807) is 12.1 Å². The average molecular weight is 296 g/mol. The van der Waals surface area contributed by atoms with E-state index in [1.807, 2.05) is 12.1 Å². The fourth-order valence-corrected chi connectivity index (χ4v) is 2.77. The van der Waals surface area contributed by atoms with Crippen molar-refractivity contribution < 1.29 is 14.4 Å². The van der Waals surface area contributed by atoms with Crippen molar-refractivity contribution in [2.75, 3.05) is 13.3 Å². The van der Waals surface area contributed by atoms with Gasteiger partial charge in [-0.05, 0) is 36.2 Å². The van der Waals surface area contributed by atoms with Crippen LogP contribution in [0.4, 0.5) is 5.69 Å². The Morgan fingerprint density at radius 1 is 1.09 bits per heavy atom. The number of non-ortho nitro benzene ring substituents is 1. The van der Waals surface area contributed by atoms with E-state index in [4.69, 9.17) is 9.47 Å². The van der Waals surface area contributed by atoms with Gasteiger partial charge in [0.2, 0.25) is 6.79 Å². The minimum atomic E-state index is -0.404. The molecule has 2 aromatic rings. The number of hydrogen-bond acceptors (Lipinski definition) is 5. The Kier molecular flexibility index (Phi) is 2.82. The molecule has 0 spiro atoms. The molecule has 0 amide bonds. The first-order valence-electron chi connectivity index (χ1n) is 6.94. The molecule has 110 valence electrons. The van der Waals surface area contributed by atoms with Crippen LogP contribution in [0.25, 0.3) is 0 Å². The maximum absolute atomic E-state index is 10.8. The first kappa shape index (κ1) is 12.8. The van der Waals surface area contributed by atoms with E-state index < -0.39 is 4.92 Å². The third-order valence-electron chi connectivity index (χ3n) is 3.86. The van der Waals surface area contributed by atoms with Crippen LogP contribution in [0, 0.1) is 10.1 Å². The molecule has 0 saturated carbocycles. The third-order valence-corrected chi connectivity index (χ3v) is 3.86. The smallest absolute Gasteiger partial charge is 0.269 e. The number of nitro groups is 1. The SMILES string of the molecule is O=[N+]([O-])c1ccc(C2=NCCc3cc4c(cc32)OCO4)cc1. The number of nitro benzene ring substituents is 1.